The standard InChI is InChI=1S/C27H33N5O4S/c1-35-25-19-23(32(33)34)9-10-24(25)29-27(37)31-15-11-22(12-16-31)26-28-13-17-30(26)14-5-6-18-36-20-21-7-3-2-4-8-21/h2-4,7-10,13,17,19,22H,5-6,11-12,14-16,18,20H2,1H3,(H,29,37). The first-order valence-corrected chi connectivity index (χ1v) is 13.0. The molecule has 0 aliphatic carbocycles. The molecule has 37 heavy (non-hydrogen) atoms. The van der Waals surface area contributed by atoms with Crippen LogP contribution in [0, 0.1) is 10.1 Å². The van der Waals surface area contributed by atoms with Crippen molar-refractivity contribution < 1.29 is 14.4 Å². The van der Waals surface area contributed by atoms with Gasteiger partial charge >= 0.3 is 0 Å². The minimum absolute atomic E-state index is 0.0238. The zero-order valence-corrected chi connectivity index (χ0v) is 21.9. The van der Waals surface area contributed by atoms with Gasteiger partial charge in [0.25, 0.3) is 5.69 Å². The summed E-state index contributed by atoms with van der Waals surface area (Å²) in [5.74, 6) is 1.91. The van der Waals surface area contributed by atoms with Crippen molar-refractivity contribution in [3.05, 3.63) is 82.4 Å². The number of aromatic nitrogens is 2. The maximum Gasteiger partial charge on any atom is 0.273 e. The first-order chi connectivity index (χ1) is 18.0. The molecule has 0 bridgehead atoms. The van der Waals surface area contributed by atoms with Gasteiger partial charge in [-0.3, -0.25) is 10.1 Å². The Morgan fingerprint density at radius 3 is 2.70 bits per heavy atom. The Morgan fingerprint density at radius 2 is 1.97 bits per heavy atom. The molecule has 4 rings (SSSR count). The largest absolute Gasteiger partial charge is 0.494 e. The fourth-order valence-corrected chi connectivity index (χ4v) is 4.84. The highest BCUT2D eigenvalue weighted by atomic mass is 32.1. The van der Waals surface area contributed by atoms with E-state index < -0.39 is 4.92 Å². The van der Waals surface area contributed by atoms with E-state index in [-0.39, 0.29) is 5.69 Å². The summed E-state index contributed by atoms with van der Waals surface area (Å²) in [5.41, 5.74) is 1.79. The molecule has 1 aliphatic rings. The fraction of sp³-hybridized carbons (Fsp3) is 0.407. The zero-order chi connectivity index (χ0) is 26.0. The number of likely N-dealkylation sites (tertiary alicyclic amines) is 1. The van der Waals surface area contributed by atoms with Crippen LogP contribution in [0.15, 0.2) is 60.9 Å². The minimum Gasteiger partial charge on any atom is -0.494 e. The van der Waals surface area contributed by atoms with Gasteiger partial charge in [-0.1, -0.05) is 30.3 Å². The lowest BCUT2D eigenvalue weighted by atomic mass is 9.96. The van der Waals surface area contributed by atoms with Crippen molar-refractivity contribution in [1.29, 1.82) is 0 Å². The van der Waals surface area contributed by atoms with Crippen LogP contribution in [0.4, 0.5) is 11.4 Å². The summed E-state index contributed by atoms with van der Waals surface area (Å²) < 4.78 is 13.4. The Bertz CT molecular complexity index is 1180. The Morgan fingerprint density at radius 1 is 1.19 bits per heavy atom. The highest BCUT2D eigenvalue weighted by molar-refractivity contribution is 7.80. The molecule has 2 aromatic carbocycles. The van der Waals surface area contributed by atoms with Gasteiger partial charge in [0.2, 0.25) is 0 Å². The lowest BCUT2D eigenvalue weighted by Gasteiger charge is -2.34. The molecule has 0 spiro atoms. The SMILES string of the molecule is COc1cc([N+](=O)[O-])ccc1NC(=S)N1CCC(c2nccn2CCCCOCc2ccccc2)CC1. The van der Waals surface area contributed by atoms with Crippen LogP contribution in [-0.2, 0) is 17.9 Å². The van der Waals surface area contributed by atoms with Crippen LogP contribution in [0.25, 0.3) is 0 Å². The third kappa shape index (κ3) is 7.27. The number of benzene rings is 2. The normalized spacial score (nSPS) is 13.9. The van der Waals surface area contributed by atoms with Crippen molar-refractivity contribution in [1.82, 2.24) is 14.5 Å². The topological polar surface area (TPSA) is 94.7 Å². The zero-order valence-electron chi connectivity index (χ0n) is 21.0. The summed E-state index contributed by atoms with van der Waals surface area (Å²) in [5, 5.41) is 14.8. The van der Waals surface area contributed by atoms with E-state index in [0.717, 1.165) is 57.7 Å². The van der Waals surface area contributed by atoms with Gasteiger partial charge in [-0.25, -0.2) is 4.98 Å². The predicted octanol–water partition coefficient (Wildman–Crippen LogP) is 5.37. The summed E-state index contributed by atoms with van der Waals surface area (Å²) in [4.78, 5) is 17.4. The van der Waals surface area contributed by atoms with Crippen molar-refractivity contribution in [2.24, 2.45) is 0 Å². The number of nitrogens with zero attached hydrogens (tertiary/aromatic N) is 4. The van der Waals surface area contributed by atoms with Gasteiger partial charge in [-0.05, 0) is 49.5 Å². The molecule has 2 heterocycles. The third-order valence-corrected chi connectivity index (χ3v) is 6.94. The number of piperidine rings is 1. The van der Waals surface area contributed by atoms with Crippen LogP contribution in [0.3, 0.4) is 0 Å². The van der Waals surface area contributed by atoms with E-state index in [0.29, 0.717) is 29.1 Å². The molecule has 0 unspecified atom stereocenters. The minimum atomic E-state index is -0.445. The number of thiocarbonyl (C=S) groups is 1. The average molecular weight is 524 g/mol. The van der Waals surface area contributed by atoms with E-state index in [4.69, 9.17) is 21.7 Å². The number of ether oxygens (including phenoxy) is 2. The molecule has 1 N–H and O–H groups in total. The second kappa shape index (κ2) is 13.2. The van der Waals surface area contributed by atoms with Crippen LogP contribution in [0.2, 0.25) is 0 Å². The number of anilines is 1. The van der Waals surface area contributed by atoms with Gasteiger partial charge in [-0.15, -0.1) is 0 Å². The predicted molar refractivity (Wildman–Crippen MR) is 147 cm³/mol. The molecule has 0 amide bonds. The lowest BCUT2D eigenvalue weighted by molar-refractivity contribution is -0.384. The quantitative estimate of drug-likeness (QED) is 0.155. The average Bonchev–Trinajstić information content (AvgIpc) is 3.40. The lowest BCUT2D eigenvalue weighted by Crippen LogP contribution is -2.40. The Kier molecular flexibility index (Phi) is 9.45. The number of hydrogen-bond donors (Lipinski definition) is 1. The molecular formula is C27H33N5O4S. The molecule has 196 valence electrons. The maximum absolute atomic E-state index is 11.0. The van der Waals surface area contributed by atoms with E-state index in [1.807, 2.05) is 24.4 Å². The summed E-state index contributed by atoms with van der Waals surface area (Å²) in [7, 11) is 1.48. The summed E-state index contributed by atoms with van der Waals surface area (Å²) in [6, 6.07) is 14.7. The number of unbranched alkanes of at least 4 members (excludes halogenated alkanes) is 1. The number of nitro benzene ring substituents is 1. The van der Waals surface area contributed by atoms with Crippen molar-refractivity contribution in [3.8, 4) is 5.75 Å². The van der Waals surface area contributed by atoms with Crippen LogP contribution in [-0.4, -0.2) is 51.3 Å². The van der Waals surface area contributed by atoms with Gasteiger partial charge in [0, 0.05) is 50.6 Å². The second-order valence-corrected chi connectivity index (χ2v) is 9.44. The van der Waals surface area contributed by atoms with Crippen molar-refractivity contribution in [2.75, 3.05) is 32.1 Å². The molecule has 10 heteroatoms. The molecule has 1 aliphatic heterocycles. The summed E-state index contributed by atoms with van der Waals surface area (Å²) in [6.45, 7) is 3.97. The highest BCUT2D eigenvalue weighted by Gasteiger charge is 2.25. The Labute approximate surface area is 222 Å². The summed E-state index contributed by atoms with van der Waals surface area (Å²) in [6.07, 6.45) is 7.92. The van der Waals surface area contributed by atoms with Gasteiger partial charge in [0.15, 0.2) is 5.11 Å². The number of methoxy groups -OCH3 is 1. The molecule has 0 radical (unpaired) electrons. The molecule has 0 saturated carbocycles. The number of aryl methyl sites for hydroxylation is 1. The van der Waals surface area contributed by atoms with E-state index in [2.05, 4.69) is 38.1 Å². The molecular weight excluding hydrogens is 490 g/mol. The number of imidazole rings is 1. The first kappa shape index (κ1) is 26.6. The number of nitrogens with one attached hydrogen (secondary N) is 1. The van der Waals surface area contributed by atoms with Crippen molar-refractivity contribution >= 4 is 28.7 Å². The van der Waals surface area contributed by atoms with Crippen LogP contribution in [0.1, 0.15) is 43.0 Å². The van der Waals surface area contributed by atoms with Gasteiger partial charge in [0.1, 0.15) is 11.6 Å². The number of rotatable bonds is 11. The van der Waals surface area contributed by atoms with E-state index in [9.17, 15) is 10.1 Å². The second-order valence-electron chi connectivity index (χ2n) is 9.06. The third-order valence-electron chi connectivity index (χ3n) is 6.58. The smallest absolute Gasteiger partial charge is 0.273 e. The van der Waals surface area contributed by atoms with Crippen LogP contribution < -0.4 is 10.1 Å². The monoisotopic (exact) mass is 523 g/mol. The summed E-state index contributed by atoms with van der Waals surface area (Å²) >= 11 is 5.63. The van der Waals surface area contributed by atoms with Crippen molar-refractivity contribution in [2.45, 2.75) is 44.8 Å². The van der Waals surface area contributed by atoms with E-state index in [1.165, 1.54) is 24.8 Å². The molecule has 1 fully saturated rings. The molecule has 9 nitrogen and oxygen atoms in total. The molecule has 1 aromatic heterocycles. The van der Waals surface area contributed by atoms with Gasteiger partial charge < -0.3 is 24.3 Å². The Balaban J connectivity index is 1.21. The molecule has 0 atom stereocenters. The Hall–Kier alpha value is -3.50. The fourth-order valence-electron chi connectivity index (χ4n) is 4.55. The van der Waals surface area contributed by atoms with E-state index in [1.54, 1.807) is 6.07 Å². The number of hydrogen-bond acceptors (Lipinski definition) is 6. The van der Waals surface area contributed by atoms with Crippen molar-refractivity contribution in [3.63, 3.8) is 0 Å². The maximum atomic E-state index is 11.0. The highest BCUT2D eigenvalue weighted by Crippen LogP contribution is 2.31. The number of nitro groups is 1. The first-order valence-electron chi connectivity index (χ1n) is 12.6. The molecule has 3 aromatic rings. The van der Waals surface area contributed by atoms with Gasteiger partial charge in [-0.2, -0.15) is 0 Å². The number of non-ortho nitro benzene ring substituents is 1. The molecule has 1 saturated heterocycles. The van der Waals surface area contributed by atoms with Crippen LogP contribution in [0.5, 0.6) is 5.75 Å². The van der Waals surface area contributed by atoms with E-state index >= 15 is 0 Å². The van der Waals surface area contributed by atoms with Gasteiger partial charge in [0.05, 0.1) is 30.4 Å². The van der Waals surface area contributed by atoms with Crippen LogP contribution >= 0.6 is 12.2 Å².